The molecule has 0 amide bonds. The zero-order valence-corrected chi connectivity index (χ0v) is 13.1. The molecule has 0 aliphatic heterocycles. The van der Waals surface area contributed by atoms with Crippen LogP contribution in [-0.2, 0) is 10.8 Å². The molecule has 0 heterocycles. The van der Waals surface area contributed by atoms with E-state index in [0.29, 0.717) is 0 Å². The van der Waals surface area contributed by atoms with Gasteiger partial charge in [-0.3, -0.25) is 4.21 Å². The van der Waals surface area contributed by atoms with Gasteiger partial charge in [0.15, 0.2) is 0 Å². The summed E-state index contributed by atoms with van der Waals surface area (Å²) in [6, 6.07) is 16.1. The van der Waals surface area contributed by atoms with E-state index in [9.17, 15) is 8.60 Å². The molecule has 0 fully saturated rings. The Kier molecular flexibility index (Phi) is 5.65. The Morgan fingerprint density at radius 2 is 1.71 bits per heavy atom. The molecular weight excluding hydrogens is 285 g/mol. The van der Waals surface area contributed by atoms with Gasteiger partial charge in [-0.15, -0.1) is 0 Å². The molecule has 2 aromatic carbocycles. The summed E-state index contributed by atoms with van der Waals surface area (Å²) in [6.07, 6.45) is 0. The van der Waals surface area contributed by atoms with Gasteiger partial charge in [-0.2, -0.15) is 0 Å². The van der Waals surface area contributed by atoms with Crippen molar-refractivity contribution in [1.29, 1.82) is 0 Å². The lowest BCUT2D eigenvalue weighted by molar-refractivity contribution is 0.532. The van der Waals surface area contributed by atoms with E-state index in [-0.39, 0.29) is 16.2 Å². The van der Waals surface area contributed by atoms with E-state index in [2.05, 4.69) is 5.32 Å². The third-order valence-electron chi connectivity index (χ3n) is 3.44. The number of nitrogens with one attached hydrogen (secondary N) is 1. The van der Waals surface area contributed by atoms with E-state index >= 15 is 0 Å². The second-order valence-electron chi connectivity index (χ2n) is 4.88. The largest absolute Gasteiger partial charge is 0.309 e. The van der Waals surface area contributed by atoms with Gasteiger partial charge in [0.2, 0.25) is 0 Å². The molecule has 1 N–H and O–H groups in total. The fraction of sp³-hybridized carbons (Fsp3) is 0.294. The molecular formula is C17H20FNOS. The molecule has 3 unspecified atom stereocenters. The second-order valence-corrected chi connectivity index (χ2v) is 6.66. The summed E-state index contributed by atoms with van der Waals surface area (Å²) in [4.78, 5) is 0.267. The molecule has 4 heteroatoms. The Balaban J connectivity index is 2.29. The van der Waals surface area contributed by atoms with Crippen molar-refractivity contribution in [3.63, 3.8) is 0 Å². The topological polar surface area (TPSA) is 29.1 Å². The van der Waals surface area contributed by atoms with E-state index in [1.165, 1.54) is 6.07 Å². The summed E-state index contributed by atoms with van der Waals surface area (Å²) in [7, 11) is -1.41. The minimum atomic E-state index is -1.41. The lowest BCUT2D eigenvalue weighted by atomic mass is 10.0. The number of benzene rings is 2. The van der Waals surface area contributed by atoms with Crippen molar-refractivity contribution < 1.29 is 8.60 Å². The lowest BCUT2D eigenvalue weighted by Crippen LogP contribution is -2.33. The predicted molar refractivity (Wildman–Crippen MR) is 85.1 cm³/mol. The third-order valence-corrected chi connectivity index (χ3v) is 5.16. The van der Waals surface area contributed by atoms with Crippen LogP contribution in [0.5, 0.6) is 0 Å². The van der Waals surface area contributed by atoms with Crippen molar-refractivity contribution >= 4 is 10.8 Å². The molecule has 3 atom stereocenters. The van der Waals surface area contributed by atoms with Gasteiger partial charge in [0, 0.05) is 6.04 Å². The fourth-order valence-corrected chi connectivity index (χ4v) is 3.74. The first-order valence-electron chi connectivity index (χ1n) is 7.08. The fourth-order valence-electron chi connectivity index (χ4n) is 2.37. The Bertz CT molecular complexity index is 603. The summed E-state index contributed by atoms with van der Waals surface area (Å²) in [5.41, 5.74) is 1.07. The van der Waals surface area contributed by atoms with Crippen molar-refractivity contribution in [2.45, 2.75) is 30.0 Å². The summed E-state index contributed by atoms with van der Waals surface area (Å²) in [5, 5.41) is 3.12. The highest BCUT2D eigenvalue weighted by atomic mass is 32.2. The van der Waals surface area contributed by atoms with Crippen molar-refractivity contribution in [1.82, 2.24) is 5.32 Å². The maximum atomic E-state index is 13.8. The Morgan fingerprint density at radius 1 is 1.10 bits per heavy atom. The van der Waals surface area contributed by atoms with Crippen LogP contribution in [0.1, 0.15) is 25.5 Å². The molecule has 0 aromatic heterocycles. The van der Waals surface area contributed by atoms with Crippen LogP contribution in [0.3, 0.4) is 0 Å². The van der Waals surface area contributed by atoms with Gasteiger partial charge < -0.3 is 5.32 Å². The first-order chi connectivity index (χ1) is 10.1. The molecule has 0 aliphatic carbocycles. The van der Waals surface area contributed by atoms with E-state index in [1.54, 1.807) is 18.2 Å². The van der Waals surface area contributed by atoms with Crippen LogP contribution in [0.2, 0.25) is 0 Å². The van der Waals surface area contributed by atoms with Crippen LogP contribution >= 0.6 is 0 Å². The molecule has 0 saturated carbocycles. The molecule has 0 saturated heterocycles. The van der Waals surface area contributed by atoms with Crippen molar-refractivity contribution in [3.05, 3.63) is 66.0 Å². The van der Waals surface area contributed by atoms with Gasteiger partial charge >= 0.3 is 0 Å². The summed E-state index contributed by atoms with van der Waals surface area (Å²) in [5.74, 6) is -0.411. The summed E-state index contributed by atoms with van der Waals surface area (Å²) < 4.78 is 26.5. The maximum absolute atomic E-state index is 13.8. The van der Waals surface area contributed by atoms with Crippen LogP contribution in [0.4, 0.5) is 4.39 Å². The predicted octanol–water partition coefficient (Wildman–Crippen LogP) is 3.67. The van der Waals surface area contributed by atoms with E-state index in [0.717, 1.165) is 12.1 Å². The van der Waals surface area contributed by atoms with Gasteiger partial charge in [0.05, 0.1) is 20.9 Å². The molecule has 0 bridgehead atoms. The van der Waals surface area contributed by atoms with Gasteiger partial charge in [0.1, 0.15) is 5.82 Å². The zero-order chi connectivity index (χ0) is 15.2. The standard InChI is InChI=1S/C17H20FNOS/c1-3-19-17(14-9-5-4-6-10-14)13(2)21(20)16-12-8-7-11-15(16)18/h4-13,17,19H,3H2,1-2H3. The molecule has 0 aliphatic rings. The van der Waals surface area contributed by atoms with Crippen LogP contribution < -0.4 is 5.32 Å². The van der Waals surface area contributed by atoms with Gasteiger partial charge in [0.25, 0.3) is 0 Å². The molecule has 112 valence electrons. The number of hydrogen-bond acceptors (Lipinski definition) is 2. The van der Waals surface area contributed by atoms with E-state index < -0.39 is 16.6 Å². The number of halogens is 1. The van der Waals surface area contributed by atoms with Gasteiger partial charge in [-0.1, -0.05) is 49.4 Å². The van der Waals surface area contributed by atoms with E-state index in [4.69, 9.17) is 0 Å². The average molecular weight is 305 g/mol. The van der Waals surface area contributed by atoms with Crippen LogP contribution in [-0.4, -0.2) is 16.0 Å². The van der Waals surface area contributed by atoms with Crippen LogP contribution in [0, 0.1) is 5.82 Å². The monoisotopic (exact) mass is 305 g/mol. The average Bonchev–Trinajstić information content (AvgIpc) is 2.52. The molecule has 21 heavy (non-hydrogen) atoms. The van der Waals surface area contributed by atoms with Gasteiger partial charge in [-0.25, -0.2) is 4.39 Å². The molecule has 2 aromatic rings. The SMILES string of the molecule is CCNC(c1ccccc1)C(C)S(=O)c1ccccc1F. The minimum Gasteiger partial charge on any atom is -0.309 e. The first-order valence-corrected chi connectivity index (χ1v) is 8.30. The third kappa shape index (κ3) is 3.77. The highest BCUT2D eigenvalue weighted by molar-refractivity contribution is 7.85. The number of hydrogen-bond donors (Lipinski definition) is 1. The highest BCUT2D eigenvalue weighted by Crippen LogP contribution is 2.25. The quantitative estimate of drug-likeness (QED) is 0.882. The van der Waals surface area contributed by atoms with Crippen molar-refractivity contribution in [3.8, 4) is 0 Å². The Labute approximate surface area is 127 Å². The van der Waals surface area contributed by atoms with Crippen molar-refractivity contribution in [2.24, 2.45) is 0 Å². The smallest absolute Gasteiger partial charge is 0.139 e. The molecule has 2 nitrogen and oxygen atoms in total. The summed E-state index contributed by atoms with van der Waals surface area (Å²) in [6.45, 7) is 4.66. The Morgan fingerprint density at radius 3 is 2.33 bits per heavy atom. The molecule has 0 radical (unpaired) electrons. The molecule has 2 rings (SSSR count). The molecule has 0 spiro atoms. The normalized spacial score (nSPS) is 15.4. The van der Waals surface area contributed by atoms with Crippen molar-refractivity contribution in [2.75, 3.05) is 6.54 Å². The van der Waals surface area contributed by atoms with Gasteiger partial charge in [-0.05, 0) is 31.2 Å². The lowest BCUT2D eigenvalue weighted by Gasteiger charge is -2.25. The zero-order valence-electron chi connectivity index (χ0n) is 12.3. The first kappa shape index (κ1) is 15.9. The Hall–Kier alpha value is -1.52. The summed E-state index contributed by atoms with van der Waals surface area (Å²) >= 11 is 0. The van der Waals surface area contributed by atoms with E-state index in [1.807, 2.05) is 44.2 Å². The minimum absolute atomic E-state index is 0.0726. The number of rotatable bonds is 6. The second kappa shape index (κ2) is 7.48. The van der Waals surface area contributed by atoms with Crippen LogP contribution in [0.15, 0.2) is 59.5 Å². The maximum Gasteiger partial charge on any atom is 0.139 e. The van der Waals surface area contributed by atoms with Crippen LogP contribution in [0.25, 0.3) is 0 Å². The highest BCUT2D eigenvalue weighted by Gasteiger charge is 2.26.